The number of aliphatic hydroxyl groups is 2. The first-order chi connectivity index (χ1) is 13.9. The minimum absolute atomic E-state index is 0.423. The fraction of sp³-hybridized carbons (Fsp3) is 1.00. The van der Waals surface area contributed by atoms with E-state index in [0.29, 0.717) is 10.8 Å². The molecule has 0 spiro atoms. The van der Waals surface area contributed by atoms with Crippen molar-refractivity contribution in [1.29, 1.82) is 0 Å². The second-order valence-electron chi connectivity index (χ2n) is 13.5. The summed E-state index contributed by atoms with van der Waals surface area (Å²) in [4.78, 5) is 0. The summed E-state index contributed by atoms with van der Waals surface area (Å²) >= 11 is 0. The summed E-state index contributed by atoms with van der Waals surface area (Å²) in [7, 11) is 0. The van der Waals surface area contributed by atoms with Gasteiger partial charge in [-0.3, -0.25) is 0 Å². The molecule has 0 amide bonds. The van der Waals surface area contributed by atoms with Crippen molar-refractivity contribution in [2.24, 2.45) is 46.3 Å². The summed E-state index contributed by atoms with van der Waals surface area (Å²) in [6.07, 6.45) is 14.7. The molecule has 0 bridgehead atoms. The van der Waals surface area contributed by atoms with Crippen molar-refractivity contribution >= 4 is 0 Å². The van der Waals surface area contributed by atoms with Crippen LogP contribution < -0.4 is 0 Å². The molecule has 0 radical (unpaired) electrons. The first-order valence-electron chi connectivity index (χ1n) is 13.4. The summed E-state index contributed by atoms with van der Waals surface area (Å²) in [5, 5.41) is 21.2. The predicted molar refractivity (Wildman–Crippen MR) is 125 cm³/mol. The highest BCUT2D eigenvalue weighted by Gasteiger charge is 2.61. The van der Waals surface area contributed by atoms with Crippen LogP contribution in [0.25, 0.3) is 0 Å². The van der Waals surface area contributed by atoms with E-state index in [1.54, 1.807) is 0 Å². The molecule has 0 saturated heterocycles. The van der Waals surface area contributed by atoms with Gasteiger partial charge in [-0.05, 0) is 137 Å². The highest BCUT2D eigenvalue weighted by molar-refractivity contribution is 5.10. The maximum atomic E-state index is 10.7. The van der Waals surface area contributed by atoms with Crippen molar-refractivity contribution in [2.75, 3.05) is 0 Å². The van der Waals surface area contributed by atoms with Crippen LogP contribution in [0, 0.1) is 46.3 Å². The van der Waals surface area contributed by atoms with E-state index in [0.717, 1.165) is 61.2 Å². The lowest BCUT2D eigenvalue weighted by Crippen LogP contribution is -2.55. The largest absolute Gasteiger partial charge is 0.390 e. The molecule has 10 unspecified atom stereocenters. The topological polar surface area (TPSA) is 40.5 Å². The Labute approximate surface area is 186 Å². The third kappa shape index (κ3) is 3.81. The second-order valence-corrected chi connectivity index (χ2v) is 13.5. The van der Waals surface area contributed by atoms with Crippen LogP contribution in [0.15, 0.2) is 0 Å². The standard InChI is InChI=1S/C28H50O2/c1-7-25(3,29)14-12-19(2)22-10-11-23-21-9-8-20-18-26(4,30)16-17-27(20,5)24(21)13-15-28(22,23)6/h19-24,29-30H,7-18H2,1-6H3. The van der Waals surface area contributed by atoms with Gasteiger partial charge in [-0.25, -0.2) is 0 Å². The Kier molecular flexibility index (Phi) is 5.97. The molecule has 0 aromatic heterocycles. The van der Waals surface area contributed by atoms with E-state index in [2.05, 4.69) is 34.6 Å². The van der Waals surface area contributed by atoms with Crippen LogP contribution in [-0.2, 0) is 0 Å². The maximum absolute atomic E-state index is 10.7. The molecular formula is C28H50O2. The van der Waals surface area contributed by atoms with Crippen LogP contribution in [0.4, 0.5) is 0 Å². The van der Waals surface area contributed by atoms with Gasteiger partial charge in [0.15, 0.2) is 0 Å². The summed E-state index contributed by atoms with van der Waals surface area (Å²) < 4.78 is 0. The van der Waals surface area contributed by atoms with Gasteiger partial charge in [0.05, 0.1) is 11.2 Å². The van der Waals surface area contributed by atoms with Gasteiger partial charge in [-0.2, -0.15) is 0 Å². The van der Waals surface area contributed by atoms with E-state index in [9.17, 15) is 10.2 Å². The lowest BCUT2D eigenvalue weighted by molar-refractivity contribution is -0.148. The zero-order valence-corrected chi connectivity index (χ0v) is 20.8. The smallest absolute Gasteiger partial charge is 0.0622 e. The van der Waals surface area contributed by atoms with Gasteiger partial charge in [0, 0.05) is 0 Å². The monoisotopic (exact) mass is 418 g/mol. The van der Waals surface area contributed by atoms with Gasteiger partial charge >= 0.3 is 0 Å². The highest BCUT2D eigenvalue weighted by atomic mass is 16.3. The predicted octanol–water partition coefficient (Wildman–Crippen LogP) is 6.97. The average Bonchev–Trinajstić information content (AvgIpc) is 3.04. The van der Waals surface area contributed by atoms with Crippen molar-refractivity contribution in [3.05, 3.63) is 0 Å². The van der Waals surface area contributed by atoms with Crippen molar-refractivity contribution in [3.63, 3.8) is 0 Å². The van der Waals surface area contributed by atoms with Crippen LogP contribution in [0.5, 0.6) is 0 Å². The quantitative estimate of drug-likeness (QED) is 0.506. The molecule has 4 rings (SSSR count). The summed E-state index contributed by atoms with van der Waals surface area (Å²) in [6, 6.07) is 0. The van der Waals surface area contributed by atoms with E-state index in [-0.39, 0.29) is 0 Å². The molecular weight excluding hydrogens is 368 g/mol. The van der Waals surface area contributed by atoms with E-state index < -0.39 is 11.2 Å². The molecule has 10 atom stereocenters. The normalized spacial score (nSPS) is 51.4. The van der Waals surface area contributed by atoms with Gasteiger partial charge in [0.25, 0.3) is 0 Å². The number of hydrogen-bond donors (Lipinski definition) is 2. The number of hydrogen-bond acceptors (Lipinski definition) is 2. The van der Waals surface area contributed by atoms with Gasteiger partial charge in [-0.1, -0.05) is 27.7 Å². The van der Waals surface area contributed by atoms with Gasteiger partial charge in [0.1, 0.15) is 0 Å². The lowest BCUT2D eigenvalue weighted by atomic mass is 9.43. The number of fused-ring (bicyclic) bond motifs is 5. The first-order valence-corrected chi connectivity index (χ1v) is 13.4. The molecule has 174 valence electrons. The van der Waals surface area contributed by atoms with Crippen LogP contribution >= 0.6 is 0 Å². The first kappa shape index (κ1) is 23.1. The molecule has 30 heavy (non-hydrogen) atoms. The summed E-state index contributed by atoms with van der Waals surface area (Å²) in [5.74, 6) is 5.03. The minimum atomic E-state index is -0.486. The summed E-state index contributed by atoms with van der Waals surface area (Å²) in [5.41, 5.74) is 0.0752. The van der Waals surface area contributed by atoms with Crippen molar-refractivity contribution in [1.82, 2.24) is 0 Å². The molecule has 2 N–H and O–H groups in total. The second kappa shape index (κ2) is 7.75. The van der Waals surface area contributed by atoms with Crippen LogP contribution in [0.2, 0.25) is 0 Å². The van der Waals surface area contributed by atoms with Crippen molar-refractivity contribution in [3.8, 4) is 0 Å². The highest BCUT2D eigenvalue weighted by Crippen LogP contribution is 2.68. The maximum Gasteiger partial charge on any atom is 0.0622 e. The SMILES string of the molecule is CCC(C)(O)CCC(C)C1CCC2C3CCC4CC(C)(O)CCC4(C)C3CCC12C. The molecule has 0 aromatic rings. The third-order valence-corrected chi connectivity index (χ3v) is 11.6. The van der Waals surface area contributed by atoms with Crippen LogP contribution in [0.1, 0.15) is 119 Å². The Balaban J connectivity index is 1.48. The fourth-order valence-corrected chi connectivity index (χ4v) is 9.32. The molecule has 4 aliphatic rings. The minimum Gasteiger partial charge on any atom is -0.390 e. The molecule has 4 aliphatic carbocycles. The molecule has 4 saturated carbocycles. The molecule has 2 heteroatoms. The Bertz CT molecular complexity index is 624. The van der Waals surface area contributed by atoms with Crippen LogP contribution in [-0.4, -0.2) is 21.4 Å². The molecule has 4 fully saturated rings. The van der Waals surface area contributed by atoms with E-state index in [4.69, 9.17) is 0 Å². The third-order valence-electron chi connectivity index (χ3n) is 11.6. The van der Waals surface area contributed by atoms with Crippen LogP contribution in [0.3, 0.4) is 0 Å². The fourth-order valence-electron chi connectivity index (χ4n) is 9.32. The van der Waals surface area contributed by atoms with E-state index >= 15 is 0 Å². The molecule has 2 nitrogen and oxygen atoms in total. The van der Waals surface area contributed by atoms with E-state index in [1.165, 1.54) is 51.4 Å². The zero-order chi connectivity index (χ0) is 21.9. The van der Waals surface area contributed by atoms with Gasteiger partial charge in [0.2, 0.25) is 0 Å². The molecule has 0 aliphatic heterocycles. The zero-order valence-electron chi connectivity index (χ0n) is 20.8. The van der Waals surface area contributed by atoms with Crippen molar-refractivity contribution in [2.45, 2.75) is 130 Å². The Morgan fingerprint density at radius 2 is 1.63 bits per heavy atom. The van der Waals surface area contributed by atoms with Gasteiger partial charge in [-0.15, -0.1) is 0 Å². The Morgan fingerprint density at radius 3 is 2.33 bits per heavy atom. The average molecular weight is 419 g/mol. The van der Waals surface area contributed by atoms with Crippen molar-refractivity contribution < 1.29 is 10.2 Å². The number of rotatable bonds is 5. The van der Waals surface area contributed by atoms with E-state index in [1.807, 2.05) is 6.92 Å². The molecule has 0 heterocycles. The Hall–Kier alpha value is -0.0800. The lowest BCUT2D eigenvalue weighted by Gasteiger charge is -2.62. The molecule has 0 aromatic carbocycles. The summed E-state index contributed by atoms with van der Waals surface area (Å²) in [6.45, 7) is 14.0. The Morgan fingerprint density at radius 1 is 0.933 bits per heavy atom. The van der Waals surface area contributed by atoms with Gasteiger partial charge < -0.3 is 10.2 Å².